The first-order chi connectivity index (χ1) is 16.6. The molecule has 0 spiro atoms. The summed E-state index contributed by atoms with van der Waals surface area (Å²) >= 11 is 0. The molecule has 4 heteroatoms. The molecule has 1 saturated heterocycles. The van der Waals surface area contributed by atoms with Gasteiger partial charge >= 0.3 is 0 Å². The van der Waals surface area contributed by atoms with Crippen LogP contribution in [0, 0.1) is 6.92 Å². The van der Waals surface area contributed by atoms with Crippen molar-refractivity contribution in [1.29, 1.82) is 0 Å². The zero-order valence-electron chi connectivity index (χ0n) is 19.1. The molecule has 1 atom stereocenters. The van der Waals surface area contributed by atoms with Gasteiger partial charge in [-0.3, -0.25) is 0 Å². The van der Waals surface area contributed by atoms with Crippen molar-refractivity contribution in [3.63, 3.8) is 0 Å². The molecule has 0 radical (unpaired) electrons. The van der Waals surface area contributed by atoms with E-state index in [4.69, 9.17) is 0 Å². The van der Waals surface area contributed by atoms with E-state index in [1.54, 1.807) is 16.4 Å². The predicted molar refractivity (Wildman–Crippen MR) is 138 cm³/mol. The van der Waals surface area contributed by atoms with Gasteiger partial charge in [0.1, 0.15) is 0 Å². The van der Waals surface area contributed by atoms with Crippen LogP contribution in [0.3, 0.4) is 0 Å². The number of hydrogen-bond donors (Lipinski definition) is 0. The molecule has 3 nitrogen and oxygen atoms in total. The fourth-order valence-electron chi connectivity index (χ4n) is 4.79. The van der Waals surface area contributed by atoms with Gasteiger partial charge in [0.15, 0.2) is 0 Å². The third kappa shape index (κ3) is 4.23. The Balaban J connectivity index is 1.73. The van der Waals surface area contributed by atoms with E-state index in [1.165, 1.54) is 0 Å². The van der Waals surface area contributed by atoms with E-state index in [1.807, 2.05) is 85.8 Å². The first kappa shape index (κ1) is 22.3. The highest BCUT2D eigenvalue weighted by atomic mass is 32.2. The van der Waals surface area contributed by atoms with Crippen molar-refractivity contribution in [2.75, 3.05) is 6.54 Å². The van der Waals surface area contributed by atoms with Gasteiger partial charge < -0.3 is 0 Å². The maximum Gasteiger partial charge on any atom is 0.243 e. The van der Waals surface area contributed by atoms with Crippen molar-refractivity contribution in [2.45, 2.75) is 24.3 Å². The maximum absolute atomic E-state index is 13.9. The van der Waals surface area contributed by atoms with Crippen molar-refractivity contribution < 1.29 is 8.42 Å². The maximum atomic E-state index is 13.9. The summed E-state index contributed by atoms with van der Waals surface area (Å²) in [4.78, 5) is 0.334. The molecule has 5 rings (SSSR count). The molecule has 170 valence electrons. The predicted octanol–water partition coefficient (Wildman–Crippen LogP) is 6.63. The summed E-state index contributed by atoms with van der Waals surface area (Å²) in [6, 6.07) is 37.3. The van der Waals surface area contributed by atoms with E-state index in [2.05, 4.69) is 24.3 Å². The van der Waals surface area contributed by atoms with E-state index in [-0.39, 0.29) is 6.04 Å². The van der Waals surface area contributed by atoms with Crippen LogP contribution in [-0.4, -0.2) is 19.3 Å². The first-order valence-corrected chi connectivity index (χ1v) is 13.0. The van der Waals surface area contributed by atoms with E-state index in [9.17, 15) is 8.42 Å². The van der Waals surface area contributed by atoms with Crippen LogP contribution in [0.1, 0.15) is 34.7 Å². The highest BCUT2D eigenvalue weighted by molar-refractivity contribution is 7.89. The fraction of sp³-hybridized carbons (Fsp3) is 0.133. The van der Waals surface area contributed by atoms with Crippen LogP contribution < -0.4 is 0 Å². The van der Waals surface area contributed by atoms with Gasteiger partial charge in [-0.15, -0.1) is 0 Å². The lowest BCUT2D eigenvalue weighted by atomic mass is 9.87. The van der Waals surface area contributed by atoms with Gasteiger partial charge in [-0.05, 0) is 53.3 Å². The number of benzene rings is 4. The summed E-state index contributed by atoms with van der Waals surface area (Å²) in [6.07, 6.45) is 0.670. The Morgan fingerprint density at radius 3 is 1.74 bits per heavy atom. The molecule has 0 amide bonds. The summed E-state index contributed by atoms with van der Waals surface area (Å²) in [5.41, 5.74) is 6.44. The van der Waals surface area contributed by atoms with Crippen LogP contribution in [0.15, 0.2) is 126 Å². The molecule has 0 aromatic heterocycles. The van der Waals surface area contributed by atoms with Crippen molar-refractivity contribution in [3.8, 4) is 0 Å². The van der Waals surface area contributed by atoms with Crippen LogP contribution in [0.2, 0.25) is 0 Å². The topological polar surface area (TPSA) is 37.4 Å². The van der Waals surface area contributed by atoms with Crippen LogP contribution in [0.4, 0.5) is 0 Å². The third-order valence-corrected chi connectivity index (χ3v) is 8.29. The Morgan fingerprint density at radius 1 is 0.706 bits per heavy atom. The number of sulfonamides is 1. The van der Waals surface area contributed by atoms with Gasteiger partial charge in [-0.2, -0.15) is 4.31 Å². The first-order valence-electron chi connectivity index (χ1n) is 11.5. The van der Waals surface area contributed by atoms with Crippen LogP contribution in [-0.2, 0) is 10.0 Å². The molecule has 0 N–H and O–H groups in total. The van der Waals surface area contributed by atoms with Crippen LogP contribution in [0.25, 0.3) is 5.57 Å². The van der Waals surface area contributed by atoms with Crippen LogP contribution >= 0.6 is 0 Å². The molecule has 1 unspecified atom stereocenters. The third-order valence-electron chi connectivity index (χ3n) is 6.41. The minimum atomic E-state index is -3.68. The molecule has 1 heterocycles. The van der Waals surface area contributed by atoms with Gasteiger partial charge in [-0.1, -0.05) is 109 Å². The molecular weight excluding hydrogens is 438 g/mol. The zero-order chi connectivity index (χ0) is 23.5. The summed E-state index contributed by atoms with van der Waals surface area (Å²) < 4.78 is 29.4. The van der Waals surface area contributed by atoms with Crippen molar-refractivity contribution in [2.24, 2.45) is 0 Å². The Hall–Kier alpha value is -3.47. The Labute approximate surface area is 202 Å². The van der Waals surface area contributed by atoms with Gasteiger partial charge in [0.05, 0.1) is 10.9 Å². The number of hydrogen-bond acceptors (Lipinski definition) is 2. The average Bonchev–Trinajstić information content (AvgIpc) is 3.32. The minimum absolute atomic E-state index is 0.334. The lowest BCUT2D eigenvalue weighted by molar-refractivity contribution is 0.415. The van der Waals surface area contributed by atoms with E-state index in [0.29, 0.717) is 17.9 Å². The van der Waals surface area contributed by atoms with Crippen molar-refractivity contribution in [3.05, 3.63) is 143 Å². The SMILES string of the molecule is Cc1ccc(S(=O)(=O)N2CCC(=C(c3ccccc3)c3ccccc3)C2c2ccccc2)cc1. The smallest absolute Gasteiger partial charge is 0.207 e. The Bertz CT molecular complexity index is 1350. The normalized spacial score (nSPS) is 16.5. The summed E-state index contributed by atoms with van der Waals surface area (Å²) in [5, 5.41) is 0. The molecule has 0 aliphatic carbocycles. The minimum Gasteiger partial charge on any atom is -0.207 e. The largest absolute Gasteiger partial charge is 0.243 e. The van der Waals surface area contributed by atoms with Gasteiger partial charge in [0.2, 0.25) is 10.0 Å². The molecule has 1 aliphatic rings. The second-order valence-corrected chi connectivity index (χ2v) is 10.5. The highest BCUT2D eigenvalue weighted by Gasteiger charge is 2.40. The second-order valence-electron chi connectivity index (χ2n) is 8.62. The van der Waals surface area contributed by atoms with E-state index in [0.717, 1.165) is 33.4 Å². The molecule has 1 aliphatic heterocycles. The summed E-state index contributed by atoms with van der Waals surface area (Å²) in [6.45, 7) is 2.40. The molecule has 4 aromatic rings. The molecule has 34 heavy (non-hydrogen) atoms. The fourth-order valence-corrected chi connectivity index (χ4v) is 6.40. The zero-order valence-corrected chi connectivity index (χ0v) is 19.9. The Morgan fingerprint density at radius 2 is 1.21 bits per heavy atom. The summed E-state index contributed by atoms with van der Waals surface area (Å²) in [7, 11) is -3.68. The molecule has 1 fully saturated rings. The number of rotatable bonds is 5. The quantitative estimate of drug-likeness (QED) is 0.332. The lowest BCUT2D eigenvalue weighted by Gasteiger charge is -2.27. The van der Waals surface area contributed by atoms with E-state index >= 15 is 0 Å². The van der Waals surface area contributed by atoms with Gasteiger partial charge in [-0.25, -0.2) is 8.42 Å². The average molecular weight is 466 g/mol. The standard InChI is InChI=1S/C30H27NO2S/c1-23-17-19-27(20-18-23)34(32,33)31-22-21-28(30(31)26-15-9-4-10-16-26)29(24-11-5-2-6-12-24)25-13-7-3-8-14-25/h2-20,30H,21-22H2,1H3. The van der Waals surface area contributed by atoms with Crippen LogP contribution in [0.5, 0.6) is 0 Å². The second kappa shape index (κ2) is 9.41. The van der Waals surface area contributed by atoms with Gasteiger partial charge in [0.25, 0.3) is 0 Å². The summed E-state index contributed by atoms with van der Waals surface area (Å²) in [5.74, 6) is 0. The van der Waals surface area contributed by atoms with Crippen molar-refractivity contribution in [1.82, 2.24) is 4.31 Å². The van der Waals surface area contributed by atoms with E-state index < -0.39 is 10.0 Å². The van der Waals surface area contributed by atoms with Crippen molar-refractivity contribution >= 4 is 15.6 Å². The molecule has 0 saturated carbocycles. The number of nitrogens with zero attached hydrogens (tertiary/aromatic N) is 1. The monoisotopic (exact) mass is 465 g/mol. The number of aryl methyl sites for hydroxylation is 1. The Kier molecular flexibility index (Phi) is 6.18. The molecule has 0 bridgehead atoms. The lowest BCUT2D eigenvalue weighted by Crippen LogP contribution is -2.31. The highest BCUT2D eigenvalue weighted by Crippen LogP contribution is 2.45. The van der Waals surface area contributed by atoms with Gasteiger partial charge in [0, 0.05) is 6.54 Å². The molecule has 4 aromatic carbocycles. The molecular formula is C30H27NO2S.